The Kier molecular flexibility index (Phi) is 6.41. The fraction of sp³-hybridized carbons (Fsp3) is 0.923. The summed E-state index contributed by atoms with van der Waals surface area (Å²) in [7, 11) is 0. The van der Waals surface area contributed by atoms with Crippen LogP contribution in [0.5, 0.6) is 0 Å². The third-order valence-corrected chi connectivity index (χ3v) is 1.55. The topological polar surface area (TPSA) is 63.2 Å². The van der Waals surface area contributed by atoms with E-state index in [0.717, 1.165) is 0 Å². The van der Waals surface area contributed by atoms with Gasteiger partial charge in [-0.25, -0.2) is 14.6 Å². The van der Waals surface area contributed by atoms with Crippen LogP contribution in [0, 0.1) is 0 Å². The fourth-order valence-corrected chi connectivity index (χ4v) is 0.753. The number of hydrogen-bond donors (Lipinski definition) is 0. The van der Waals surface area contributed by atoms with Crippen molar-refractivity contribution in [2.24, 2.45) is 0 Å². The average molecular weight is 278 g/mol. The first-order valence-electron chi connectivity index (χ1n) is 6.30. The van der Waals surface area contributed by atoms with Crippen molar-refractivity contribution in [1.29, 1.82) is 0 Å². The first-order valence-corrected chi connectivity index (χ1v) is 6.30. The van der Waals surface area contributed by atoms with Gasteiger partial charge in [0.05, 0.1) is 17.8 Å². The highest BCUT2D eigenvalue weighted by Crippen LogP contribution is 2.22. The summed E-state index contributed by atoms with van der Waals surface area (Å²) in [5.74, 6) is -2.50. The van der Waals surface area contributed by atoms with Crippen molar-refractivity contribution in [2.45, 2.75) is 72.4 Å². The molecule has 0 heterocycles. The van der Waals surface area contributed by atoms with E-state index in [4.69, 9.17) is 24.3 Å². The third kappa shape index (κ3) is 8.15. The van der Waals surface area contributed by atoms with Crippen LogP contribution >= 0.6 is 0 Å². The molecule has 0 aliphatic heterocycles. The summed E-state index contributed by atoms with van der Waals surface area (Å²) in [6, 6.07) is 0. The normalized spacial score (nSPS) is 13.5. The van der Waals surface area contributed by atoms with E-state index >= 15 is 0 Å². The van der Waals surface area contributed by atoms with Gasteiger partial charge in [0.15, 0.2) is 0 Å². The van der Waals surface area contributed by atoms with Crippen LogP contribution in [-0.2, 0) is 29.1 Å². The molecule has 114 valence electrons. The molecule has 0 fully saturated rings. The summed E-state index contributed by atoms with van der Waals surface area (Å²) >= 11 is 0. The number of hydrogen-bond acceptors (Lipinski definition) is 6. The van der Waals surface area contributed by atoms with Crippen LogP contribution < -0.4 is 0 Å². The molecule has 0 aromatic heterocycles. The van der Waals surface area contributed by atoms with Crippen molar-refractivity contribution in [3.8, 4) is 0 Å². The SMILES string of the molecule is CCOC(=O)C(C)(OOC(C)(C)C)OOC(C)(C)C. The summed E-state index contributed by atoms with van der Waals surface area (Å²) < 4.78 is 4.89. The minimum atomic E-state index is -1.78. The fourth-order valence-electron chi connectivity index (χ4n) is 0.753. The Bertz CT molecular complexity index is 268. The summed E-state index contributed by atoms with van der Waals surface area (Å²) in [6.45, 7) is 14.0. The zero-order valence-corrected chi connectivity index (χ0v) is 13.2. The van der Waals surface area contributed by atoms with Crippen LogP contribution in [0.2, 0.25) is 0 Å². The number of carbonyl (C=O) groups is 1. The van der Waals surface area contributed by atoms with E-state index in [-0.39, 0.29) is 6.61 Å². The van der Waals surface area contributed by atoms with Crippen LogP contribution in [0.4, 0.5) is 0 Å². The van der Waals surface area contributed by atoms with Crippen molar-refractivity contribution >= 4 is 5.97 Å². The van der Waals surface area contributed by atoms with Gasteiger partial charge in [0.25, 0.3) is 0 Å². The maximum Gasteiger partial charge on any atom is 0.372 e. The predicted octanol–water partition coefficient (Wildman–Crippen LogP) is 2.76. The Morgan fingerprint density at radius 1 is 0.789 bits per heavy atom. The van der Waals surface area contributed by atoms with E-state index in [9.17, 15) is 4.79 Å². The Balaban J connectivity index is 4.76. The average Bonchev–Trinajstić information content (AvgIpc) is 2.22. The lowest BCUT2D eigenvalue weighted by Crippen LogP contribution is -2.46. The van der Waals surface area contributed by atoms with Gasteiger partial charge in [-0.1, -0.05) is 0 Å². The lowest BCUT2D eigenvalue weighted by Gasteiger charge is -2.30. The molecule has 6 heteroatoms. The van der Waals surface area contributed by atoms with Gasteiger partial charge in [-0.05, 0) is 48.5 Å². The molecule has 19 heavy (non-hydrogen) atoms. The Hall–Kier alpha value is -0.690. The Morgan fingerprint density at radius 3 is 1.42 bits per heavy atom. The molecule has 0 spiro atoms. The lowest BCUT2D eigenvalue weighted by molar-refractivity contribution is -0.523. The number of carbonyl (C=O) groups excluding carboxylic acids is 1. The van der Waals surface area contributed by atoms with Gasteiger partial charge in [0.1, 0.15) is 0 Å². The molecular formula is C13H26O6. The zero-order chi connectivity index (χ0) is 15.3. The molecule has 0 saturated heterocycles. The van der Waals surface area contributed by atoms with E-state index in [0.29, 0.717) is 0 Å². The minimum absolute atomic E-state index is 0.201. The largest absolute Gasteiger partial charge is 0.462 e. The van der Waals surface area contributed by atoms with Crippen molar-refractivity contribution in [3.05, 3.63) is 0 Å². The van der Waals surface area contributed by atoms with Gasteiger partial charge in [0.2, 0.25) is 0 Å². The second-order valence-corrected chi connectivity index (χ2v) is 6.22. The Labute approximate surface area is 115 Å². The minimum Gasteiger partial charge on any atom is -0.462 e. The highest BCUT2D eigenvalue weighted by molar-refractivity contribution is 5.77. The van der Waals surface area contributed by atoms with Crippen LogP contribution in [0.25, 0.3) is 0 Å². The van der Waals surface area contributed by atoms with Gasteiger partial charge in [-0.2, -0.15) is 9.78 Å². The van der Waals surface area contributed by atoms with E-state index in [1.54, 1.807) is 48.5 Å². The molecule has 0 aliphatic rings. The molecule has 0 saturated carbocycles. The van der Waals surface area contributed by atoms with E-state index in [1.807, 2.05) is 0 Å². The van der Waals surface area contributed by atoms with Gasteiger partial charge in [0, 0.05) is 6.92 Å². The highest BCUT2D eigenvalue weighted by Gasteiger charge is 2.43. The molecule has 0 aromatic carbocycles. The molecule has 0 bridgehead atoms. The molecule has 0 aromatic rings. The van der Waals surface area contributed by atoms with Crippen LogP contribution in [-0.4, -0.2) is 29.6 Å². The van der Waals surface area contributed by atoms with Crippen molar-refractivity contribution in [1.82, 2.24) is 0 Å². The molecule has 0 unspecified atom stereocenters. The summed E-state index contributed by atoms with van der Waals surface area (Å²) in [5.41, 5.74) is -1.20. The zero-order valence-electron chi connectivity index (χ0n) is 13.2. The molecule has 0 atom stereocenters. The quantitative estimate of drug-likeness (QED) is 0.322. The third-order valence-electron chi connectivity index (χ3n) is 1.55. The van der Waals surface area contributed by atoms with Crippen LogP contribution in [0.3, 0.4) is 0 Å². The van der Waals surface area contributed by atoms with Crippen molar-refractivity contribution < 1.29 is 29.1 Å². The lowest BCUT2D eigenvalue weighted by atomic mass is 10.2. The first kappa shape index (κ1) is 18.3. The van der Waals surface area contributed by atoms with Gasteiger partial charge >= 0.3 is 11.8 Å². The summed E-state index contributed by atoms with van der Waals surface area (Å²) in [6.07, 6.45) is 0. The van der Waals surface area contributed by atoms with Crippen LogP contribution in [0.1, 0.15) is 55.4 Å². The maximum absolute atomic E-state index is 11.9. The molecule has 0 amide bonds. The molecular weight excluding hydrogens is 252 g/mol. The predicted molar refractivity (Wildman–Crippen MR) is 68.9 cm³/mol. The maximum atomic E-state index is 11.9. The number of rotatable bonds is 6. The molecule has 0 radical (unpaired) electrons. The van der Waals surface area contributed by atoms with Crippen molar-refractivity contribution in [2.75, 3.05) is 6.61 Å². The van der Waals surface area contributed by atoms with E-state index in [1.165, 1.54) is 6.92 Å². The van der Waals surface area contributed by atoms with Gasteiger partial charge in [-0.3, -0.25) is 0 Å². The monoisotopic (exact) mass is 278 g/mol. The summed E-state index contributed by atoms with van der Waals surface area (Å²) in [4.78, 5) is 32.3. The highest BCUT2D eigenvalue weighted by atomic mass is 17.3. The standard InChI is InChI=1S/C13H26O6/c1-9-15-10(14)13(8,18-16-11(2,3)4)19-17-12(5,6)7/h9H2,1-8H3. The number of esters is 1. The van der Waals surface area contributed by atoms with E-state index in [2.05, 4.69) is 0 Å². The smallest absolute Gasteiger partial charge is 0.372 e. The van der Waals surface area contributed by atoms with Gasteiger partial charge in [-0.15, -0.1) is 0 Å². The Morgan fingerprint density at radius 2 is 1.16 bits per heavy atom. The molecule has 6 nitrogen and oxygen atoms in total. The second-order valence-electron chi connectivity index (χ2n) is 6.22. The molecule has 0 aliphatic carbocycles. The molecule has 0 N–H and O–H groups in total. The van der Waals surface area contributed by atoms with E-state index < -0.39 is 23.0 Å². The first-order chi connectivity index (χ1) is 8.40. The summed E-state index contributed by atoms with van der Waals surface area (Å²) in [5, 5.41) is 0. The molecule has 0 rings (SSSR count). The number of ether oxygens (including phenoxy) is 1. The second kappa shape index (κ2) is 6.65. The van der Waals surface area contributed by atoms with Gasteiger partial charge < -0.3 is 4.74 Å². The van der Waals surface area contributed by atoms with Crippen LogP contribution in [0.15, 0.2) is 0 Å². The van der Waals surface area contributed by atoms with Crippen molar-refractivity contribution in [3.63, 3.8) is 0 Å².